The number of anilines is 1. The third-order valence-corrected chi connectivity index (χ3v) is 5.59. The molecule has 3 rings (SSSR count). The molecular formula is C17H17N3O2S2. The molecule has 0 saturated carbocycles. The summed E-state index contributed by atoms with van der Waals surface area (Å²) in [6.45, 7) is 3.93. The number of thiazole rings is 1. The summed E-state index contributed by atoms with van der Waals surface area (Å²) in [4.78, 5) is 32.6. The van der Waals surface area contributed by atoms with E-state index < -0.39 is 5.25 Å². The molecule has 124 valence electrons. The number of carbonyl (C=O) groups excluding carboxylic acids is 2. The minimum absolute atomic E-state index is 0.126. The first kappa shape index (κ1) is 16.9. The number of rotatable bonds is 5. The Morgan fingerprint density at radius 3 is 2.67 bits per heavy atom. The van der Waals surface area contributed by atoms with Crippen LogP contribution in [0.2, 0.25) is 0 Å². The quantitative estimate of drug-likeness (QED) is 0.888. The molecule has 0 bridgehead atoms. The van der Waals surface area contributed by atoms with E-state index in [0.29, 0.717) is 6.42 Å². The van der Waals surface area contributed by atoms with Crippen LogP contribution in [0.5, 0.6) is 0 Å². The maximum Gasteiger partial charge on any atom is 0.260 e. The van der Waals surface area contributed by atoms with Gasteiger partial charge in [-0.15, -0.1) is 11.3 Å². The Morgan fingerprint density at radius 2 is 2.00 bits per heavy atom. The third kappa shape index (κ3) is 4.30. The number of aliphatic imine (C=N–C) groups is 1. The van der Waals surface area contributed by atoms with Crippen LogP contribution in [-0.2, 0) is 16.0 Å². The highest BCUT2D eigenvalue weighted by atomic mass is 32.2. The fraction of sp³-hybridized carbons (Fsp3) is 0.294. The number of hydrogen-bond donors (Lipinski definition) is 1. The Labute approximate surface area is 148 Å². The summed E-state index contributed by atoms with van der Waals surface area (Å²) in [5.74, 6) is -0.409. The van der Waals surface area contributed by atoms with E-state index in [2.05, 4.69) is 15.3 Å². The number of aromatic nitrogens is 1. The molecule has 1 aliphatic rings. The van der Waals surface area contributed by atoms with Crippen LogP contribution < -0.4 is 5.32 Å². The lowest BCUT2D eigenvalue weighted by Gasteiger charge is -2.08. The molecule has 0 radical (unpaired) electrons. The van der Waals surface area contributed by atoms with Crippen molar-refractivity contribution in [1.29, 1.82) is 0 Å². The highest BCUT2D eigenvalue weighted by Gasteiger charge is 2.30. The standard InChI is InChI=1S/C17H17N3O2S2/c1-10-3-5-12(6-4-10)19-14(21)7-13-17(22)20-16(24-13)8-15-18-11(2)9-23-15/h3-6,9,13H,7-8H2,1-2H3,(H,19,21)/t13-/m0/s1. The summed E-state index contributed by atoms with van der Waals surface area (Å²) in [7, 11) is 0. The summed E-state index contributed by atoms with van der Waals surface area (Å²) >= 11 is 2.93. The number of hydrogen-bond acceptors (Lipinski definition) is 5. The minimum Gasteiger partial charge on any atom is -0.326 e. The van der Waals surface area contributed by atoms with Crippen LogP contribution in [0.15, 0.2) is 34.6 Å². The summed E-state index contributed by atoms with van der Waals surface area (Å²) in [5.41, 5.74) is 2.84. The van der Waals surface area contributed by atoms with Gasteiger partial charge in [0.1, 0.15) is 5.25 Å². The van der Waals surface area contributed by atoms with Gasteiger partial charge in [-0.25, -0.2) is 9.98 Å². The van der Waals surface area contributed by atoms with E-state index in [1.807, 2.05) is 43.5 Å². The normalized spacial score (nSPS) is 17.0. The molecule has 1 atom stereocenters. The summed E-state index contributed by atoms with van der Waals surface area (Å²) in [6.07, 6.45) is 0.687. The third-order valence-electron chi connectivity index (χ3n) is 3.46. The first-order valence-corrected chi connectivity index (χ1v) is 9.31. The highest BCUT2D eigenvalue weighted by Crippen LogP contribution is 2.28. The van der Waals surface area contributed by atoms with Gasteiger partial charge in [0.15, 0.2) is 0 Å². The predicted molar refractivity (Wildman–Crippen MR) is 98.8 cm³/mol. The highest BCUT2D eigenvalue weighted by molar-refractivity contribution is 8.15. The molecule has 1 aliphatic heterocycles. The Kier molecular flexibility index (Phi) is 5.11. The van der Waals surface area contributed by atoms with Gasteiger partial charge >= 0.3 is 0 Å². The molecule has 0 spiro atoms. The number of benzene rings is 1. The van der Waals surface area contributed by atoms with E-state index in [4.69, 9.17) is 0 Å². The lowest BCUT2D eigenvalue weighted by Crippen LogP contribution is -2.21. The van der Waals surface area contributed by atoms with E-state index in [-0.39, 0.29) is 18.2 Å². The molecule has 0 fully saturated rings. The van der Waals surface area contributed by atoms with E-state index in [9.17, 15) is 9.59 Å². The summed E-state index contributed by atoms with van der Waals surface area (Å²) in [6, 6.07) is 7.57. The number of thioether (sulfide) groups is 1. The zero-order chi connectivity index (χ0) is 17.1. The van der Waals surface area contributed by atoms with Crippen molar-refractivity contribution in [3.05, 3.63) is 45.9 Å². The molecule has 0 unspecified atom stereocenters. The van der Waals surface area contributed by atoms with E-state index in [1.165, 1.54) is 11.8 Å². The number of nitrogens with one attached hydrogen (secondary N) is 1. The molecule has 2 aromatic rings. The van der Waals surface area contributed by atoms with Crippen LogP contribution in [0.4, 0.5) is 5.69 Å². The molecule has 1 N–H and O–H groups in total. The molecule has 0 aliphatic carbocycles. The molecule has 2 amide bonds. The van der Waals surface area contributed by atoms with Gasteiger partial charge in [-0.3, -0.25) is 9.59 Å². The molecular weight excluding hydrogens is 342 g/mol. The van der Waals surface area contributed by atoms with Crippen molar-refractivity contribution in [3.63, 3.8) is 0 Å². The van der Waals surface area contributed by atoms with Crippen LogP contribution in [0.1, 0.15) is 22.7 Å². The maximum absolute atomic E-state index is 12.1. The van der Waals surface area contributed by atoms with Gasteiger partial charge in [0.2, 0.25) is 5.91 Å². The number of carbonyl (C=O) groups is 2. The second kappa shape index (κ2) is 7.27. The molecule has 1 aromatic carbocycles. The van der Waals surface area contributed by atoms with Crippen molar-refractivity contribution >= 4 is 45.6 Å². The molecule has 1 aromatic heterocycles. The fourth-order valence-electron chi connectivity index (χ4n) is 2.28. The Hall–Kier alpha value is -1.99. The first-order valence-electron chi connectivity index (χ1n) is 7.55. The average molecular weight is 359 g/mol. The molecule has 0 saturated heterocycles. The Morgan fingerprint density at radius 1 is 1.25 bits per heavy atom. The van der Waals surface area contributed by atoms with Gasteiger partial charge in [0.25, 0.3) is 5.91 Å². The van der Waals surface area contributed by atoms with E-state index in [1.54, 1.807) is 11.3 Å². The monoisotopic (exact) mass is 359 g/mol. The molecule has 7 heteroatoms. The van der Waals surface area contributed by atoms with Crippen molar-refractivity contribution in [2.75, 3.05) is 5.32 Å². The Balaban J connectivity index is 1.54. The predicted octanol–water partition coefficient (Wildman–Crippen LogP) is 3.37. The SMILES string of the molecule is Cc1ccc(NC(=O)C[C@@H]2SC(Cc3nc(C)cs3)=NC2=O)cc1. The first-order chi connectivity index (χ1) is 11.5. The van der Waals surface area contributed by atoms with Crippen LogP contribution in [-0.4, -0.2) is 27.1 Å². The lowest BCUT2D eigenvalue weighted by atomic mass is 10.2. The smallest absolute Gasteiger partial charge is 0.260 e. The molecule has 2 heterocycles. The molecule has 24 heavy (non-hydrogen) atoms. The largest absolute Gasteiger partial charge is 0.326 e. The lowest BCUT2D eigenvalue weighted by molar-refractivity contribution is -0.121. The van der Waals surface area contributed by atoms with Crippen molar-refractivity contribution in [3.8, 4) is 0 Å². The van der Waals surface area contributed by atoms with Crippen LogP contribution in [0.3, 0.4) is 0 Å². The van der Waals surface area contributed by atoms with Crippen molar-refractivity contribution in [1.82, 2.24) is 4.98 Å². The number of amides is 2. The van der Waals surface area contributed by atoms with Crippen molar-refractivity contribution in [2.45, 2.75) is 31.9 Å². The fourth-order valence-corrected chi connectivity index (χ4v) is 4.22. The van der Waals surface area contributed by atoms with Crippen LogP contribution in [0, 0.1) is 13.8 Å². The minimum atomic E-state index is -0.438. The zero-order valence-electron chi connectivity index (χ0n) is 13.4. The van der Waals surface area contributed by atoms with Crippen LogP contribution in [0.25, 0.3) is 0 Å². The average Bonchev–Trinajstić information content (AvgIpc) is 3.08. The topological polar surface area (TPSA) is 71.4 Å². The molecule has 5 nitrogen and oxygen atoms in total. The summed E-state index contributed by atoms with van der Waals surface area (Å²) < 4.78 is 0. The van der Waals surface area contributed by atoms with E-state index >= 15 is 0 Å². The second-order valence-electron chi connectivity index (χ2n) is 5.63. The van der Waals surface area contributed by atoms with Crippen LogP contribution >= 0.6 is 23.1 Å². The number of aryl methyl sites for hydroxylation is 2. The number of nitrogens with zero attached hydrogens (tertiary/aromatic N) is 2. The van der Waals surface area contributed by atoms with Crippen molar-refractivity contribution in [2.24, 2.45) is 4.99 Å². The van der Waals surface area contributed by atoms with Gasteiger partial charge < -0.3 is 5.32 Å². The zero-order valence-corrected chi connectivity index (χ0v) is 15.0. The van der Waals surface area contributed by atoms with Gasteiger partial charge in [-0.2, -0.15) is 0 Å². The maximum atomic E-state index is 12.1. The van der Waals surface area contributed by atoms with Gasteiger partial charge in [-0.05, 0) is 26.0 Å². The second-order valence-corrected chi connectivity index (χ2v) is 7.85. The van der Waals surface area contributed by atoms with Gasteiger partial charge in [0.05, 0.1) is 10.1 Å². The Bertz CT molecular complexity index is 796. The van der Waals surface area contributed by atoms with Crippen molar-refractivity contribution < 1.29 is 9.59 Å². The van der Waals surface area contributed by atoms with Gasteiger partial charge in [0, 0.05) is 29.6 Å². The van der Waals surface area contributed by atoms with Gasteiger partial charge in [-0.1, -0.05) is 29.5 Å². The van der Waals surface area contributed by atoms with E-state index in [0.717, 1.165) is 27.0 Å². The summed E-state index contributed by atoms with van der Waals surface area (Å²) in [5, 5.41) is 6.04.